The lowest BCUT2D eigenvalue weighted by Crippen LogP contribution is -2.09. The summed E-state index contributed by atoms with van der Waals surface area (Å²) in [6.45, 7) is 0. The molecule has 3 rings (SSSR count). The van der Waals surface area contributed by atoms with Crippen LogP contribution in [0.25, 0.3) is 11.1 Å². The third kappa shape index (κ3) is 3.61. The van der Waals surface area contributed by atoms with E-state index in [9.17, 15) is 8.42 Å². The number of hydrogen-bond acceptors (Lipinski definition) is 3. The van der Waals surface area contributed by atoms with Crippen LogP contribution < -0.4 is 10.5 Å². The van der Waals surface area contributed by atoms with Gasteiger partial charge in [0.25, 0.3) is 0 Å². The molecular weight excluding hydrogens is 320 g/mol. The van der Waals surface area contributed by atoms with E-state index in [-0.39, 0.29) is 6.04 Å². The SMILES string of the molecule is CS(=O)(=O)Nc1cc(Cl)cc(-c2ccc([C@@H]3C[C@H]3N)cc2)c1. The molecule has 0 bridgehead atoms. The van der Waals surface area contributed by atoms with Crippen LogP contribution in [0.2, 0.25) is 5.02 Å². The third-order valence-electron chi connectivity index (χ3n) is 3.71. The molecule has 2 atom stereocenters. The molecule has 22 heavy (non-hydrogen) atoms. The minimum Gasteiger partial charge on any atom is -0.327 e. The molecule has 0 amide bonds. The minimum atomic E-state index is -3.33. The monoisotopic (exact) mass is 336 g/mol. The van der Waals surface area contributed by atoms with Crippen molar-refractivity contribution in [2.45, 2.75) is 18.4 Å². The molecule has 2 aromatic carbocycles. The van der Waals surface area contributed by atoms with Crippen molar-refractivity contribution in [3.63, 3.8) is 0 Å². The first kappa shape index (κ1) is 15.3. The van der Waals surface area contributed by atoms with Crippen LogP contribution in [0.1, 0.15) is 17.9 Å². The molecule has 0 spiro atoms. The number of anilines is 1. The number of sulfonamides is 1. The van der Waals surface area contributed by atoms with Crippen molar-refractivity contribution in [1.29, 1.82) is 0 Å². The molecule has 116 valence electrons. The summed E-state index contributed by atoms with van der Waals surface area (Å²) >= 11 is 6.09. The van der Waals surface area contributed by atoms with E-state index < -0.39 is 10.0 Å². The Bertz CT molecular complexity index is 803. The van der Waals surface area contributed by atoms with E-state index in [0.717, 1.165) is 23.8 Å². The van der Waals surface area contributed by atoms with Gasteiger partial charge < -0.3 is 5.73 Å². The van der Waals surface area contributed by atoms with Crippen LogP contribution in [-0.2, 0) is 10.0 Å². The molecule has 6 heteroatoms. The van der Waals surface area contributed by atoms with E-state index in [2.05, 4.69) is 16.9 Å². The fourth-order valence-electron chi connectivity index (χ4n) is 2.55. The third-order valence-corrected chi connectivity index (χ3v) is 4.54. The summed E-state index contributed by atoms with van der Waals surface area (Å²) < 4.78 is 25.2. The number of rotatable bonds is 4. The lowest BCUT2D eigenvalue weighted by molar-refractivity contribution is 0.607. The van der Waals surface area contributed by atoms with Gasteiger partial charge in [0.05, 0.1) is 11.9 Å². The van der Waals surface area contributed by atoms with Gasteiger partial charge in [-0.25, -0.2) is 8.42 Å². The Hall–Kier alpha value is -1.56. The first-order valence-corrected chi connectivity index (χ1v) is 9.23. The number of nitrogens with one attached hydrogen (secondary N) is 1. The molecule has 1 fully saturated rings. The van der Waals surface area contributed by atoms with Crippen molar-refractivity contribution < 1.29 is 8.42 Å². The normalized spacial score (nSPS) is 20.7. The second-order valence-electron chi connectivity index (χ2n) is 5.73. The molecule has 2 aromatic rings. The minimum absolute atomic E-state index is 0.280. The summed E-state index contributed by atoms with van der Waals surface area (Å²) in [6.07, 6.45) is 2.15. The van der Waals surface area contributed by atoms with E-state index in [4.69, 9.17) is 17.3 Å². The van der Waals surface area contributed by atoms with E-state index >= 15 is 0 Å². The average Bonchev–Trinajstić information content (AvgIpc) is 3.13. The predicted molar refractivity (Wildman–Crippen MR) is 90.7 cm³/mol. The van der Waals surface area contributed by atoms with Gasteiger partial charge in [-0.15, -0.1) is 0 Å². The first-order chi connectivity index (χ1) is 10.3. The Labute approximate surface area is 135 Å². The molecule has 0 saturated heterocycles. The molecule has 4 nitrogen and oxygen atoms in total. The summed E-state index contributed by atoms with van der Waals surface area (Å²) in [4.78, 5) is 0. The maximum Gasteiger partial charge on any atom is 0.229 e. The molecule has 0 aromatic heterocycles. The fraction of sp³-hybridized carbons (Fsp3) is 0.250. The highest BCUT2D eigenvalue weighted by molar-refractivity contribution is 7.92. The number of halogens is 1. The highest BCUT2D eigenvalue weighted by atomic mass is 35.5. The molecule has 1 saturated carbocycles. The van der Waals surface area contributed by atoms with Crippen LogP contribution in [0.5, 0.6) is 0 Å². The van der Waals surface area contributed by atoms with E-state index in [0.29, 0.717) is 16.6 Å². The van der Waals surface area contributed by atoms with Gasteiger partial charge in [0, 0.05) is 17.0 Å². The van der Waals surface area contributed by atoms with E-state index in [1.165, 1.54) is 5.56 Å². The highest BCUT2D eigenvalue weighted by Gasteiger charge is 2.34. The van der Waals surface area contributed by atoms with Crippen LogP contribution >= 0.6 is 11.6 Å². The molecule has 1 aliphatic carbocycles. The summed E-state index contributed by atoms with van der Waals surface area (Å²) in [5.74, 6) is 0.468. The summed E-state index contributed by atoms with van der Waals surface area (Å²) in [5, 5.41) is 0.483. The molecule has 3 N–H and O–H groups in total. The molecule has 0 aliphatic heterocycles. The van der Waals surface area contributed by atoms with Crippen molar-refractivity contribution in [3.8, 4) is 11.1 Å². The number of hydrogen-bond donors (Lipinski definition) is 2. The smallest absolute Gasteiger partial charge is 0.229 e. The quantitative estimate of drug-likeness (QED) is 0.900. The Morgan fingerprint density at radius 3 is 2.32 bits per heavy atom. The molecular formula is C16H17ClN2O2S. The maximum atomic E-state index is 11.4. The van der Waals surface area contributed by atoms with Gasteiger partial charge in [0.1, 0.15) is 0 Å². The number of nitrogens with two attached hydrogens (primary N) is 1. The van der Waals surface area contributed by atoms with Crippen LogP contribution in [0.3, 0.4) is 0 Å². The fourth-order valence-corrected chi connectivity index (χ4v) is 3.33. The summed E-state index contributed by atoms with van der Waals surface area (Å²) in [7, 11) is -3.33. The number of benzene rings is 2. The zero-order chi connectivity index (χ0) is 15.9. The van der Waals surface area contributed by atoms with Crippen LogP contribution in [-0.4, -0.2) is 20.7 Å². The Morgan fingerprint density at radius 2 is 1.77 bits per heavy atom. The second kappa shape index (κ2) is 5.57. The van der Waals surface area contributed by atoms with Gasteiger partial charge in [-0.1, -0.05) is 35.9 Å². The van der Waals surface area contributed by atoms with E-state index in [1.807, 2.05) is 18.2 Å². The zero-order valence-electron chi connectivity index (χ0n) is 12.1. The van der Waals surface area contributed by atoms with Crippen molar-refractivity contribution >= 4 is 27.3 Å². The highest BCUT2D eigenvalue weighted by Crippen LogP contribution is 2.39. The Morgan fingerprint density at radius 1 is 1.14 bits per heavy atom. The van der Waals surface area contributed by atoms with Crippen LogP contribution in [0.4, 0.5) is 5.69 Å². The Kier molecular flexibility index (Phi) is 3.89. The lowest BCUT2D eigenvalue weighted by Gasteiger charge is -2.09. The first-order valence-electron chi connectivity index (χ1n) is 6.96. The molecule has 0 radical (unpaired) electrons. The summed E-state index contributed by atoms with van der Waals surface area (Å²) in [6, 6.07) is 13.6. The predicted octanol–water partition coefficient (Wildman–Crippen LogP) is 3.19. The van der Waals surface area contributed by atoms with Gasteiger partial charge in [0.15, 0.2) is 0 Å². The Balaban J connectivity index is 1.90. The van der Waals surface area contributed by atoms with Gasteiger partial charge >= 0.3 is 0 Å². The van der Waals surface area contributed by atoms with Gasteiger partial charge in [-0.2, -0.15) is 0 Å². The van der Waals surface area contributed by atoms with Crippen molar-refractivity contribution in [1.82, 2.24) is 0 Å². The van der Waals surface area contributed by atoms with Gasteiger partial charge in [0.2, 0.25) is 10.0 Å². The lowest BCUT2D eigenvalue weighted by atomic mass is 10.0. The summed E-state index contributed by atoms with van der Waals surface area (Å²) in [5.41, 5.74) is 9.41. The molecule has 0 heterocycles. The molecule has 0 unspecified atom stereocenters. The largest absolute Gasteiger partial charge is 0.327 e. The molecule has 1 aliphatic rings. The van der Waals surface area contributed by atoms with Crippen LogP contribution in [0, 0.1) is 0 Å². The van der Waals surface area contributed by atoms with Gasteiger partial charge in [-0.3, -0.25) is 4.72 Å². The maximum absolute atomic E-state index is 11.4. The van der Waals surface area contributed by atoms with Crippen molar-refractivity contribution in [2.75, 3.05) is 11.0 Å². The zero-order valence-corrected chi connectivity index (χ0v) is 13.7. The standard InChI is InChI=1S/C16H17ClN2O2S/c1-22(20,21)19-14-7-12(6-13(17)8-14)10-2-4-11(5-3-10)15-9-16(15)18/h2-8,15-16,19H,9,18H2,1H3/t15-,16+/m0/s1. The average molecular weight is 337 g/mol. The topological polar surface area (TPSA) is 72.2 Å². The van der Waals surface area contributed by atoms with Gasteiger partial charge in [-0.05, 0) is 41.3 Å². The van der Waals surface area contributed by atoms with E-state index in [1.54, 1.807) is 12.1 Å². The van der Waals surface area contributed by atoms with Crippen LogP contribution in [0.15, 0.2) is 42.5 Å². The van der Waals surface area contributed by atoms with Crippen molar-refractivity contribution in [2.24, 2.45) is 5.73 Å². The second-order valence-corrected chi connectivity index (χ2v) is 7.92. The van der Waals surface area contributed by atoms with Crippen molar-refractivity contribution in [3.05, 3.63) is 53.1 Å².